The summed E-state index contributed by atoms with van der Waals surface area (Å²) >= 11 is 11.9. The molecule has 7 nitrogen and oxygen atoms in total. The number of aromatic nitrogens is 2. The van der Waals surface area contributed by atoms with E-state index in [9.17, 15) is 23.1 Å². The Morgan fingerprint density at radius 3 is 2.68 bits per heavy atom. The average Bonchev–Trinajstić information content (AvgIpc) is 2.88. The molecule has 0 fully saturated rings. The molecule has 2 aromatic rings. The molecule has 0 aliphatic rings. The molecular formula is C16H13Cl2F3N2O5. The van der Waals surface area contributed by atoms with Crippen molar-refractivity contribution < 1.29 is 37.3 Å². The second kappa shape index (κ2) is 9.07. The molecule has 1 aromatic heterocycles. The molecule has 2 rings (SSSR count). The first-order valence-corrected chi connectivity index (χ1v) is 8.16. The molecule has 0 spiro atoms. The monoisotopic (exact) mass is 440 g/mol. The average molecular weight is 441 g/mol. The van der Waals surface area contributed by atoms with Crippen LogP contribution in [0.2, 0.25) is 10.0 Å². The van der Waals surface area contributed by atoms with E-state index < -0.39 is 36.6 Å². The van der Waals surface area contributed by atoms with E-state index >= 15 is 0 Å². The molecule has 0 atom stereocenters. The van der Waals surface area contributed by atoms with Gasteiger partial charge in [0, 0.05) is 12.6 Å². The SMILES string of the molecule is COC(=O)/C=C(/O)COc1cc(-c2nn(C)c(OC(F)F)c2Cl)c(F)cc1Cl. The lowest BCUT2D eigenvalue weighted by Gasteiger charge is -2.10. The van der Waals surface area contributed by atoms with Crippen molar-refractivity contribution in [2.45, 2.75) is 6.61 Å². The van der Waals surface area contributed by atoms with Gasteiger partial charge in [-0.05, 0) is 12.1 Å². The third kappa shape index (κ3) is 5.02. The summed E-state index contributed by atoms with van der Waals surface area (Å²) in [6.45, 7) is -3.63. The van der Waals surface area contributed by atoms with Crippen LogP contribution in [0.4, 0.5) is 13.2 Å². The van der Waals surface area contributed by atoms with Crippen LogP contribution < -0.4 is 9.47 Å². The molecule has 152 valence electrons. The number of hydrogen-bond donors (Lipinski definition) is 1. The lowest BCUT2D eigenvalue weighted by molar-refractivity contribution is -0.135. The fraction of sp³-hybridized carbons (Fsp3) is 0.250. The summed E-state index contributed by atoms with van der Waals surface area (Å²) in [6.07, 6.45) is 0.780. The van der Waals surface area contributed by atoms with Gasteiger partial charge < -0.3 is 19.3 Å². The van der Waals surface area contributed by atoms with Crippen molar-refractivity contribution in [2.24, 2.45) is 7.05 Å². The predicted molar refractivity (Wildman–Crippen MR) is 93.5 cm³/mol. The van der Waals surface area contributed by atoms with Gasteiger partial charge in [0.25, 0.3) is 0 Å². The molecular weight excluding hydrogens is 428 g/mol. The number of aliphatic hydroxyl groups is 1. The standard InChI is InChI=1S/C16H13Cl2F3N2O5/c1-23-15(28-16(20)21)13(18)14(22-23)8-4-11(9(17)5-10(8)19)27-6-7(24)3-12(25)26-2/h3-5,16,24H,6H2,1-2H3/b7-3+. The lowest BCUT2D eigenvalue weighted by Crippen LogP contribution is -2.06. The summed E-state index contributed by atoms with van der Waals surface area (Å²) in [7, 11) is 2.41. The van der Waals surface area contributed by atoms with Crippen LogP contribution in [0.3, 0.4) is 0 Å². The Bertz CT molecular complexity index is 918. The number of methoxy groups -OCH3 is 1. The summed E-state index contributed by atoms with van der Waals surface area (Å²) in [4.78, 5) is 11.1. The van der Waals surface area contributed by atoms with Gasteiger partial charge in [0.1, 0.15) is 34.6 Å². The predicted octanol–water partition coefficient (Wildman–Crippen LogP) is 4.13. The number of esters is 1. The molecule has 0 saturated heterocycles. The quantitative estimate of drug-likeness (QED) is 0.396. The number of carbonyl (C=O) groups is 1. The summed E-state index contributed by atoms with van der Waals surface area (Å²) in [5.74, 6) is -2.67. The number of ether oxygens (including phenoxy) is 3. The highest BCUT2D eigenvalue weighted by Crippen LogP contribution is 2.39. The summed E-state index contributed by atoms with van der Waals surface area (Å²) < 4.78 is 54.1. The molecule has 1 aromatic carbocycles. The van der Waals surface area contributed by atoms with Gasteiger partial charge >= 0.3 is 12.6 Å². The third-order valence-electron chi connectivity index (χ3n) is 3.28. The van der Waals surface area contributed by atoms with Crippen LogP contribution >= 0.6 is 23.2 Å². The number of aryl methyl sites for hydroxylation is 1. The fourth-order valence-corrected chi connectivity index (χ4v) is 2.59. The zero-order valence-electron chi connectivity index (χ0n) is 14.4. The van der Waals surface area contributed by atoms with Gasteiger partial charge in [-0.2, -0.15) is 13.9 Å². The van der Waals surface area contributed by atoms with Gasteiger partial charge in [0.2, 0.25) is 5.88 Å². The van der Waals surface area contributed by atoms with Crippen molar-refractivity contribution in [3.63, 3.8) is 0 Å². The number of halogens is 5. The Kier molecular flexibility index (Phi) is 7.03. The number of rotatable bonds is 7. The lowest BCUT2D eigenvalue weighted by atomic mass is 10.1. The van der Waals surface area contributed by atoms with Crippen molar-refractivity contribution in [3.05, 3.63) is 39.8 Å². The number of carbonyl (C=O) groups excluding carboxylic acids is 1. The molecule has 0 saturated carbocycles. The van der Waals surface area contributed by atoms with Gasteiger partial charge in [-0.25, -0.2) is 13.9 Å². The number of hydrogen-bond acceptors (Lipinski definition) is 6. The molecule has 0 amide bonds. The zero-order chi connectivity index (χ0) is 21.0. The van der Waals surface area contributed by atoms with E-state index in [-0.39, 0.29) is 27.1 Å². The highest BCUT2D eigenvalue weighted by Gasteiger charge is 2.23. The molecule has 1 heterocycles. The van der Waals surface area contributed by atoms with E-state index in [1.54, 1.807) is 0 Å². The first kappa shape index (κ1) is 21.7. The molecule has 12 heteroatoms. The Morgan fingerprint density at radius 2 is 2.07 bits per heavy atom. The van der Waals surface area contributed by atoms with Crippen molar-refractivity contribution in [1.29, 1.82) is 0 Å². The second-order valence-corrected chi connectivity index (χ2v) is 5.97. The molecule has 0 aliphatic carbocycles. The summed E-state index contributed by atoms with van der Waals surface area (Å²) in [6, 6.07) is 2.01. The van der Waals surface area contributed by atoms with Gasteiger partial charge in [-0.1, -0.05) is 23.2 Å². The topological polar surface area (TPSA) is 82.8 Å². The first-order chi connectivity index (χ1) is 13.1. The Balaban J connectivity index is 2.36. The molecule has 0 unspecified atom stereocenters. The Morgan fingerprint density at radius 1 is 1.39 bits per heavy atom. The zero-order valence-corrected chi connectivity index (χ0v) is 15.9. The van der Waals surface area contributed by atoms with Crippen molar-refractivity contribution in [1.82, 2.24) is 9.78 Å². The van der Waals surface area contributed by atoms with Gasteiger partial charge in [-0.15, -0.1) is 0 Å². The van der Waals surface area contributed by atoms with Crippen LogP contribution in [-0.2, 0) is 16.6 Å². The van der Waals surface area contributed by atoms with Gasteiger partial charge in [-0.3, -0.25) is 0 Å². The van der Waals surface area contributed by atoms with E-state index in [0.717, 1.165) is 30.0 Å². The van der Waals surface area contributed by atoms with Crippen LogP contribution in [-0.4, -0.2) is 41.2 Å². The normalized spacial score (nSPS) is 11.6. The fourth-order valence-electron chi connectivity index (χ4n) is 2.08. The minimum Gasteiger partial charge on any atom is -0.508 e. The summed E-state index contributed by atoms with van der Waals surface area (Å²) in [5, 5.41) is 13.0. The van der Waals surface area contributed by atoms with Crippen LogP contribution in [0, 0.1) is 5.82 Å². The molecule has 0 bridgehead atoms. The van der Waals surface area contributed by atoms with Crippen molar-refractivity contribution in [3.8, 4) is 22.9 Å². The molecule has 1 N–H and O–H groups in total. The van der Waals surface area contributed by atoms with Crippen LogP contribution in [0.25, 0.3) is 11.3 Å². The van der Waals surface area contributed by atoms with Crippen LogP contribution in [0.5, 0.6) is 11.6 Å². The van der Waals surface area contributed by atoms with Crippen molar-refractivity contribution in [2.75, 3.05) is 13.7 Å². The minimum atomic E-state index is -3.15. The van der Waals surface area contributed by atoms with E-state index in [1.807, 2.05) is 0 Å². The Labute approximate surface area is 166 Å². The van der Waals surface area contributed by atoms with E-state index in [1.165, 1.54) is 7.05 Å². The van der Waals surface area contributed by atoms with E-state index in [0.29, 0.717) is 0 Å². The van der Waals surface area contributed by atoms with E-state index in [2.05, 4.69) is 14.6 Å². The first-order valence-electron chi connectivity index (χ1n) is 7.41. The highest BCUT2D eigenvalue weighted by atomic mass is 35.5. The molecule has 28 heavy (non-hydrogen) atoms. The number of benzene rings is 1. The summed E-state index contributed by atoms with van der Waals surface area (Å²) in [5.41, 5.74) is -0.395. The maximum absolute atomic E-state index is 14.4. The third-order valence-corrected chi connectivity index (χ3v) is 3.91. The van der Waals surface area contributed by atoms with Crippen LogP contribution in [0.1, 0.15) is 0 Å². The Hall–Kier alpha value is -2.59. The van der Waals surface area contributed by atoms with Crippen molar-refractivity contribution >= 4 is 29.2 Å². The highest BCUT2D eigenvalue weighted by molar-refractivity contribution is 6.34. The maximum atomic E-state index is 14.4. The molecule has 0 aliphatic heterocycles. The largest absolute Gasteiger partial charge is 0.508 e. The minimum absolute atomic E-state index is 0.0825. The molecule has 0 radical (unpaired) electrons. The van der Waals surface area contributed by atoms with Gasteiger partial charge in [0.05, 0.1) is 18.2 Å². The van der Waals surface area contributed by atoms with E-state index in [4.69, 9.17) is 27.9 Å². The number of alkyl halides is 2. The van der Waals surface area contributed by atoms with Gasteiger partial charge in [0.15, 0.2) is 0 Å². The number of nitrogens with zero attached hydrogens (tertiary/aromatic N) is 2. The number of aliphatic hydroxyl groups excluding tert-OH is 1. The van der Waals surface area contributed by atoms with Crippen LogP contribution in [0.15, 0.2) is 24.0 Å². The second-order valence-electron chi connectivity index (χ2n) is 5.18. The maximum Gasteiger partial charge on any atom is 0.388 e. The smallest absolute Gasteiger partial charge is 0.388 e.